The molecule has 1 aromatic carbocycles. The lowest BCUT2D eigenvalue weighted by atomic mass is 9.83. The van der Waals surface area contributed by atoms with Crippen LogP contribution in [-0.2, 0) is 11.8 Å². The summed E-state index contributed by atoms with van der Waals surface area (Å²) in [6.45, 7) is 6.78. The van der Waals surface area contributed by atoms with E-state index in [2.05, 4.69) is 35.3 Å². The van der Waals surface area contributed by atoms with E-state index in [1.165, 1.54) is 0 Å². The number of aliphatic hydroxyl groups is 1. The SMILES string of the molecule is CC(C)n1cc(Cc2nccc(-c3cc(C#N)c4c(c3)C(C)(CO)CN4)n2)cn1. The van der Waals surface area contributed by atoms with Gasteiger partial charge in [0.25, 0.3) is 0 Å². The highest BCUT2D eigenvalue weighted by atomic mass is 16.3. The Kier molecular flexibility index (Phi) is 4.81. The van der Waals surface area contributed by atoms with Gasteiger partial charge in [-0.05, 0) is 43.2 Å². The van der Waals surface area contributed by atoms with Gasteiger partial charge in [0, 0.05) is 42.4 Å². The van der Waals surface area contributed by atoms with Gasteiger partial charge >= 0.3 is 0 Å². The molecule has 29 heavy (non-hydrogen) atoms. The molecule has 3 aromatic rings. The number of hydrogen-bond acceptors (Lipinski definition) is 6. The van der Waals surface area contributed by atoms with Gasteiger partial charge in [-0.25, -0.2) is 9.97 Å². The van der Waals surface area contributed by atoms with Crippen LogP contribution in [0.5, 0.6) is 0 Å². The van der Waals surface area contributed by atoms with Crippen LogP contribution in [0.4, 0.5) is 5.69 Å². The predicted octanol–water partition coefficient (Wildman–Crippen LogP) is 3.06. The fraction of sp³-hybridized carbons (Fsp3) is 0.364. The lowest BCUT2D eigenvalue weighted by Gasteiger charge is -2.21. The molecule has 3 heterocycles. The van der Waals surface area contributed by atoms with Crippen LogP contribution >= 0.6 is 0 Å². The molecule has 1 atom stereocenters. The molecule has 148 valence electrons. The Bertz CT molecular complexity index is 1100. The van der Waals surface area contributed by atoms with Gasteiger partial charge in [0.2, 0.25) is 0 Å². The van der Waals surface area contributed by atoms with Crippen LogP contribution in [-0.4, -0.2) is 38.0 Å². The summed E-state index contributed by atoms with van der Waals surface area (Å²) in [5, 5.41) is 27.2. The Morgan fingerprint density at radius 3 is 2.90 bits per heavy atom. The maximum Gasteiger partial charge on any atom is 0.133 e. The van der Waals surface area contributed by atoms with E-state index in [9.17, 15) is 10.4 Å². The molecule has 0 saturated carbocycles. The van der Waals surface area contributed by atoms with E-state index in [1.807, 2.05) is 42.2 Å². The number of benzene rings is 1. The molecule has 0 amide bonds. The molecule has 7 heteroatoms. The van der Waals surface area contributed by atoms with Crippen LogP contribution in [0.15, 0.2) is 36.8 Å². The van der Waals surface area contributed by atoms with Crippen LogP contribution in [0.3, 0.4) is 0 Å². The molecule has 1 aliphatic heterocycles. The number of nitrogens with one attached hydrogen (secondary N) is 1. The first-order chi connectivity index (χ1) is 13.9. The molecular weight excluding hydrogens is 364 g/mol. The maximum absolute atomic E-state index is 9.89. The van der Waals surface area contributed by atoms with Gasteiger partial charge in [0.15, 0.2) is 0 Å². The van der Waals surface area contributed by atoms with Crippen molar-refractivity contribution in [3.63, 3.8) is 0 Å². The van der Waals surface area contributed by atoms with Crippen molar-refractivity contribution < 1.29 is 5.11 Å². The number of aliphatic hydroxyl groups excluding tert-OH is 1. The minimum atomic E-state index is -0.418. The van der Waals surface area contributed by atoms with Crippen molar-refractivity contribution in [3.8, 4) is 17.3 Å². The molecule has 1 unspecified atom stereocenters. The molecule has 2 N–H and O–H groups in total. The van der Waals surface area contributed by atoms with E-state index in [-0.39, 0.29) is 6.61 Å². The summed E-state index contributed by atoms with van der Waals surface area (Å²) in [4.78, 5) is 9.14. The highest BCUT2D eigenvalue weighted by molar-refractivity contribution is 5.76. The van der Waals surface area contributed by atoms with Crippen molar-refractivity contribution in [3.05, 3.63) is 59.3 Å². The second-order valence-corrected chi connectivity index (χ2v) is 8.09. The van der Waals surface area contributed by atoms with Gasteiger partial charge in [0.05, 0.1) is 29.7 Å². The molecule has 0 saturated heterocycles. The third-order valence-corrected chi connectivity index (χ3v) is 5.46. The van der Waals surface area contributed by atoms with Crippen molar-refractivity contribution in [2.24, 2.45) is 0 Å². The smallest absolute Gasteiger partial charge is 0.133 e. The standard InChI is InChI=1S/C22H24N6O/c1-14(2)28-11-15(10-26-28)6-20-24-5-4-19(27-20)16-7-17(9-23)21-18(8-16)22(3,13-29)12-25-21/h4-5,7-8,10-11,14,25,29H,6,12-13H2,1-3H3. The normalized spacial score (nSPS) is 17.8. The highest BCUT2D eigenvalue weighted by Crippen LogP contribution is 2.40. The van der Waals surface area contributed by atoms with E-state index in [1.54, 1.807) is 6.20 Å². The van der Waals surface area contributed by atoms with Crippen LogP contribution in [0.1, 0.15) is 49.3 Å². The van der Waals surface area contributed by atoms with Gasteiger partial charge in [0.1, 0.15) is 11.9 Å². The van der Waals surface area contributed by atoms with Crippen LogP contribution in [0, 0.1) is 11.3 Å². The molecule has 7 nitrogen and oxygen atoms in total. The first kappa shape index (κ1) is 19.1. The topological polar surface area (TPSA) is 99.7 Å². The fourth-order valence-corrected chi connectivity index (χ4v) is 3.64. The predicted molar refractivity (Wildman–Crippen MR) is 111 cm³/mol. The second-order valence-electron chi connectivity index (χ2n) is 8.09. The molecule has 2 aromatic heterocycles. The Balaban J connectivity index is 1.70. The van der Waals surface area contributed by atoms with Crippen molar-refractivity contribution >= 4 is 5.69 Å². The second kappa shape index (κ2) is 7.30. The van der Waals surface area contributed by atoms with Crippen molar-refractivity contribution in [1.29, 1.82) is 5.26 Å². The zero-order chi connectivity index (χ0) is 20.6. The van der Waals surface area contributed by atoms with Gasteiger partial charge in [-0.1, -0.05) is 6.92 Å². The zero-order valence-electron chi connectivity index (χ0n) is 16.8. The first-order valence-electron chi connectivity index (χ1n) is 9.72. The number of anilines is 1. The summed E-state index contributed by atoms with van der Waals surface area (Å²) >= 11 is 0. The van der Waals surface area contributed by atoms with E-state index >= 15 is 0 Å². The molecule has 4 rings (SSSR count). The minimum Gasteiger partial charge on any atom is -0.395 e. The minimum absolute atomic E-state index is 0.0101. The third-order valence-electron chi connectivity index (χ3n) is 5.46. The molecule has 0 radical (unpaired) electrons. The van der Waals surface area contributed by atoms with Crippen LogP contribution in [0.2, 0.25) is 0 Å². The lowest BCUT2D eigenvalue weighted by molar-refractivity contribution is 0.219. The number of aromatic nitrogens is 4. The average molecular weight is 388 g/mol. The molecule has 0 spiro atoms. The number of nitrogens with zero attached hydrogens (tertiary/aromatic N) is 5. The Morgan fingerprint density at radius 1 is 1.38 bits per heavy atom. The summed E-state index contributed by atoms with van der Waals surface area (Å²) in [7, 11) is 0. The first-order valence-corrected chi connectivity index (χ1v) is 9.72. The van der Waals surface area contributed by atoms with Crippen LogP contribution < -0.4 is 5.32 Å². The summed E-state index contributed by atoms with van der Waals surface area (Å²) in [6.07, 6.45) is 6.19. The third kappa shape index (κ3) is 3.47. The molecular formula is C22H24N6O. The summed E-state index contributed by atoms with van der Waals surface area (Å²) < 4.78 is 1.92. The number of rotatable bonds is 5. The monoisotopic (exact) mass is 388 g/mol. The lowest BCUT2D eigenvalue weighted by Crippen LogP contribution is -2.28. The summed E-state index contributed by atoms with van der Waals surface area (Å²) in [5.41, 5.74) is 4.57. The number of hydrogen-bond donors (Lipinski definition) is 2. The average Bonchev–Trinajstić information content (AvgIpc) is 3.33. The van der Waals surface area contributed by atoms with Gasteiger partial charge in [-0.3, -0.25) is 4.68 Å². The van der Waals surface area contributed by atoms with E-state index in [4.69, 9.17) is 4.98 Å². The molecule has 0 bridgehead atoms. The highest BCUT2D eigenvalue weighted by Gasteiger charge is 2.35. The van der Waals surface area contributed by atoms with E-state index in [0.29, 0.717) is 30.4 Å². The van der Waals surface area contributed by atoms with Gasteiger partial charge in [-0.2, -0.15) is 10.4 Å². The summed E-state index contributed by atoms with van der Waals surface area (Å²) in [6, 6.07) is 8.29. The van der Waals surface area contributed by atoms with Crippen molar-refractivity contribution in [1.82, 2.24) is 19.7 Å². The number of nitriles is 1. The van der Waals surface area contributed by atoms with E-state index < -0.39 is 5.41 Å². The Morgan fingerprint density at radius 2 is 2.21 bits per heavy atom. The Hall–Kier alpha value is -3.24. The van der Waals surface area contributed by atoms with Gasteiger partial charge in [-0.15, -0.1) is 0 Å². The quantitative estimate of drug-likeness (QED) is 0.697. The molecule has 1 aliphatic rings. The Labute approximate surface area is 170 Å². The van der Waals surface area contributed by atoms with Crippen molar-refractivity contribution in [2.75, 3.05) is 18.5 Å². The summed E-state index contributed by atoms with van der Waals surface area (Å²) in [5.74, 6) is 0.702. The molecule has 0 aliphatic carbocycles. The van der Waals surface area contributed by atoms with E-state index in [0.717, 1.165) is 28.1 Å². The maximum atomic E-state index is 9.89. The largest absolute Gasteiger partial charge is 0.395 e. The zero-order valence-corrected chi connectivity index (χ0v) is 16.8. The molecule has 0 fully saturated rings. The fourth-order valence-electron chi connectivity index (χ4n) is 3.64. The van der Waals surface area contributed by atoms with Crippen LogP contribution in [0.25, 0.3) is 11.3 Å². The number of fused-ring (bicyclic) bond motifs is 1. The van der Waals surface area contributed by atoms with Gasteiger partial charge < -0.3 is 10.4 Å². The van der Waals surface area contributed by atoms with Crippen molar-refractivity contribution in [2.45, 2.75) is 38.6 Å².